The summed E-state index contributed by atoms with van der Waals surface area (Å²) in [5.41, 5.74) is 5.49. The Kier molecular flexibility index (Phi) is 4.27. The molecule has 3 nitrogen and oxygen atoms in total. The van der Waals surface area contributed by atoms with Crippen LogP contribution in [0, 0.1) is 19.7 Å². The first kappa shape index (κ1) is 16.8. The van der Waals surface area contributed by atoms with Crippen molar-refractivity contribution in [3.05, 3.63) is 70.7 Å². The molecule has 3 aromatic rings. The number of hydrogen-bond acceptors (Lipinski definition) is 1. The van der Waals surface area contributed by atoms with Gasteiger partial charge < -0.3 is 9.88 Å². The summed E-state index contributed by atoms with van der Waals surface area (Å²) in [5, 5.41) is 1.29. The van der Waals surface area contributed by atoms with Crippen LogP contribution in [0.2, 0.25) is 0 Å². The number of H-pyrrole nitrogens is 1. The number of nitrogens with zero attached hydrogens (tertiary/aromatic N) is 1. The number of piperidine rings is 1. The molecule has 1 aliphatic rings. The summed E-state index contributed by atoms with van der Waals surface area (Å²) < 4.78 is 13.4. The number of aromatic nitrogens is 1. The fraction of sp³-hybridized carbons (Fsp3) is 0.318. The van der Waals surface area contributed by atoms with Gasteiger partial charge in [0.2, 0.25) is 0 Å². The second-order valence-corrected chi connectivity index (χ2v) is 7.29. The Morgan fingerprint density at radius 3 is 2.62 bits per heavy atom. The summed E-state index contributed by atoms with van der Waals surface area (Å²) in [7, 11) is 0. The quantitative estimate of drug-likeness (QED) is 0.698. The van der Waals surface area contributed by atoms with E-state index in [1.165, 1.54) is 39.9 Å². The Morgan fingerprint density at radius 2 is 1.88 bits per heavy atom. The molecule has 26 heavy (non-hydrogen) atoms. The smallest absolute Gasteiger partial charge is 0.253 e. The number of carbonyl (C=O) groups excluding carboxylic acids is 1. The van der Waals surface area contributed by atoms with Crippen molar-refractivity contribution < 1.29 is 9.18 Å². The summed E-state index contributed by atoms with van der Waals surface area (Å²) in [6, 6.07) is 12.5. The Morgan fingerprint density at radius 1 is 1.12 bits per heavy atom. The van der Waals surface area contributed by atoms with Crippen LogP contribution in [0.15, 0.2) is 42.5 Å². The number of aromatic amines is 1. The van der Waals surface area contributed by atoms with Crippen LogP contribution in [0.3, 0.4) is 0 Å². The van der Waals surface area contributed by atoms with Crippen molar-refractivity contribution in [1.82, 2.24) is 9.88 Å². The number of fused-ring (bicyclic) bond motifs is 1. The first-order valence-electron chi connectivity index (χ1n) is 9.16. The van der Waals surface area contributed by atoms with Crippen molar-refractivity contribution in [3.63, 3.8) is 0 Å². The van der Waals surface area contributed by atoms with Crippen molar-refractivity contribution >= 4 is 16.8 Å². The number of aryl methyl sites for hydroxylation is 2. The summed E-state index contributed by atoms with van der Waals surface area (Å²) in [6.07, 6.45) is 1.85. The highest BCUT2D eigenvalue weighted by Crippen LogP contribution is 2.34. The predicted octanol–water partition coefficient (Wildman–Crippen LogP) is 4.94. The van der Waals surface area contributed by atoms with E-state index in [9.17, 15) is 9.18 Å². The molecule has 0 spiro atoms. The molecule has 2 heterocycles. The van der Waals surface area contributed by atoms with Crippen LogP contribution in [-0.4, -0.2) is 28.9 Å². The van der Waals surface area contributed by atoms with Crippen LogP contribution in [0.5, 0.6) is 0 Å². The number of carbonyl (C=O) groups is 1. The van der Waals surface area contributed by atoms with E-state index in [0.717, 1.165) is 12.8 Å². The highest BCUT2D eigenvalue weighted by molar-refractivity contribution is 5.94. The maximum atomic E-state index is 13.4. The van der Waals surface area contributed by atoms with Crippen molar-refractivity contribution in [3.8, 4) is 0 Å². The summed E-state index contributed by atoms with van der Waals surface area (Å²) in [4.78, 5) is 18.0. The summed E-state index contributed by atoms with van der Waals surface area (Å²) >= 11 is 0. The zero-order valence-corrected chi connectivity index (χ0v) is 15.2. The van der Waals surface area contributed by atoms with Crippen LogP contribution in [-0.2, 0) is 0 Å². The Balaban J connectivity index is 1.50. The molecule has 134 valence electrons. The second kappa shape index (κ2) is 6.60. The molecule has 1 aliphatic heterocycles. The van der Waals surface area contributed by atoms with Gasteiger partial charge in [-0.3, -0.25) is 4.79 Å². The van der Waals surface area contributed by atoms with Gasteiger partial charge >= 0.3 is 0 Å². The SMILES string of the molecule is Cc1ccc2[nH]c(C3CCN(C(=O)c4cccc(F)c4)CC3)c(C)c2c1. The molecule has 2 aromatic carbocycles. The van der Waals surface area contributed by atoms with Crippen LogP contribution in [0.25, 0.3) is 10.9 Å². The van der Waals surface area contributed by atoms with E-state index in [0.29, 0.717) is 24.6 Å². The predicted molar refractivity (Wildman–Crippen MR) is 102 cm³/mol. The normalized spacial score (nSPS) is 15.6. The molecule has 0 saturated carbocycles. The highest BCUT2D eigenvalue weighted by atomic mass is 19.1. The summed E-state index contributed by atoms with van der Waals surface area (Å²) in [6.45, 7) is 5.70. The number of benzene rings is 2. The van der Waals surface area contributed by atoms with Crippen LogP contribution >= 0.6 is 0 Å². The molecule has 0 radical (unpaired) electrons. The van der Waals surface area contributed by atoms with Gasteiger partial charge in [0.15, 0.2) is 0 Å². The zero-order valence-electron chi connectivity index (χ0n) is 15.2. The van der Waals surface area contributed by atoms with Crippen LogP contribution < -0.4 is 0 Å². The van der Waals surface area contributed by atoms with Gasteiger partial charge in [-0.05, 0) is 62.6 Å². The molecule has 0 aliphatic carbocycles. The fourth-order valence-corrected chi connectivity index (χ4v) is 4.04. The third-order valence-corrected chi connectivity index (χ3v) is 5.51. The molecule has 4 rings (SSSR count). The molecule has 0 bridgehead atoms. The molecule has 1 aromatic heterocycles. The van der Waals surface area contributed by atoms with E-state index in [1.807, 2.05) is 4.90 Å². The fourth-order valence-electron chi connectivity index (χ4n) is 4.04. The van der Waals surface area contributed by atoms with Crippen molar-refractivity contribution in [1.29, 1.82) is 0 Å². The monoisotopic (exact) mass is 350 g/mol. The molecule has 1 saturated heterocycles. The lowest BCUT2D eigenvalue weighted by molar-refractivity contribution is 0.0711. The van der Waals surface area contributed by atoms with Gasteiger partial charge in [-0.2, -0.15) is 0 Å². The van der Waals surface area contributed by atoms with E-state index >= 15 is 0 Å². The average molecular weight is 350 g/mol. The van der Waals surface area contributed by atoms with E-state index in [2.05, 4.69) is 37.0 Å². The lowest BCUT2D eigenvalue weighted by Gasteiger charge is -2.32. The first-order chi connectivity index (χ1) is 12.5. The molecule has 1 N–H and O–H groups in total. The molecule has 1 fully saturated rings. The minimum absolute atomic E-state index is 0.0769. The van der Waals surface area contributed by atoms with Crippen molar-refractivity contribution in [2.45, 2.75) is 32.6 Å². The Hall–Kier alpha value is -2.62. The third-order valence-electron chi connectivity index (χ3n) is 5.51. The zero-order chi connectivity index (χ0) is 18.3. The Bertz CT molecular complexity index is 967. The molecular weight excluding hydrogens is 327 g/mol. The largest absolute Gasteiger partial charge is 0.358 e. The maximum Gasteiger partial charge on any atom is 0.253 e. The van der Waals surface area contributed by atoms with E-state index < -0.39 is 0 Å². The topological polar surface area (TPSA) is 36.1 Å². The second-order valence-electron chi connectivity index (χ2n) is 7.29. The third kappa shape index (κ3) is 3.00. The summed E-state index contributed by atoms with van der Waals surface area (Å²) in [5.74, 6) is -0.0130. The highest BCUT2D eigenvalue weighted by Gasteiger charge is 2.27. The standard InChI is InChI=1S/C22H23FN2O/c1-14-6-7-20-19(12-14)15(2)21(24-20)16-8-10-25(11-9-16)22(26)17-4-3-5-18(23)13-17/h3-7,12-13,16,24H,8-11H2,1-2H3. The van der Waals surface area contributed by atoms with E-state index in [-0.39, 0.29) is 11.7 Å². The van der Waals surface area contributed by atoms with E-state index in [4.69, 9.17) is 0 Å². The van der Waals surface area contributed by atoms with Gasteiger partial charge in [0.25, 0.3) is 5.91 Å². The van der Waals surface area contributed by atoms with Gasteiger partial charge in [0, 0.05) is 41.2 Å². The van der Waals surface area contributed by atoms with Gasteiger partial charge in [-0.15, -0.1) is 0 Å². The van der Waals surface area contributed by atoms with Crippen molar-refractivity contribution in [2.75, 3.05) is 13.1 Å². The molecular formula is C22H23FN2O. The number of amides is 1. The number of hydrogen-bond donors (Lipinski definition) is 1. The van der Waals surface area contributed by atoms with Gasteiger partial charge in [-0.25, -0.2) is 4.39 Å². The number of likely N-dealkylation sites (tertiary alicyclic amines) is 1. The van der Waals surface area contributed by atoms with Gasteiger partial charge in [-0.1, -0.05) is 17.7 Å². The minimum Gasteiger partial charge on any atom is -0.358 e. The first-order valence-corrected chi connectivity index (χ1v) is 9.16. The molecule has 0 atom stereocenters. The van der Waals surface area contributed by atoms with Gasteiger partial charge in [0.05, 0.1) is 0 Å². The number of halogens is 1. The maximum absolute atomic E-state index is 13.4. The number of rotatable bonds is 2. The number of nitrogens with one attached hydrogen (secondary N) is 1. The minimum atomic E-state index is -0.366. The molecule has 1 amide bonds. The average Bonchev–Trinajstić information content (AvgIpc) is 2.97. The van der Waals surface area contributed by atoms with Crippen molar-refractivity contribution in [2.24, 2.45) is 0 Å². The molecule has 4 heteroatoms. The van der Waals surface area contributed by atoms with Crippen LogP contribution in [0.4, 0.5) is 4.39 Å². The van der Waals surface area contributed by atoms with E-state index in [1.54, 1.807) is 12.1 Å². The van der Waals surface area contributed by atoms with Gasteiger partial charge in [0.1, 0.15) is 5.82 Å². The van der Waals surface area contributed by atoms with Crippen LogP contribution in [0.1, 0.15) is 45.9 Å². The molecule has 0 unspecified atom stereocenters. The lowest BCUT2D eigenvalue weighted by atomic mass is 9.91. The lowest BCUT2D eigenvalue weighted by Crippen LogP contribution is -2.38. The Labute approximate surface area is 152 Å².